The third-order valence-corrected chi connectivity index (χ3v) is 5.08. The van der Waals surface area contributed by atoms with Crippen molar-refractivity contribution >= 4 is 33.8 Å². The van der Waals surface area contributed by atoms with E-state index in [0.717, 1.165) is 27.8 Å². The zero-order valence-corrected chi connectivity index (χ0v) is 17.0. The third-order valence-electron chi connectivity index (χ3n) is 4.32. The molecule has 0 atom stereocenters. The zero-order valence-electron chi connectivity index (χ0n) is 16.2. The Bertz CT molecular complexity index is 929. The fourth-order valence-corrected chi connectivity index (χ4v) is 3.45. The second-order valence-corrected chi connectivity index (χ2v) is 8.04. The van der Waals surface area contributed by atoms with Crippen LogP contribution >= 0.6 is 11.3 Å². The lowest BCUT2D eigenvalue weighted by Crippen LogP contribution is -2.13. The van der Waals surface area contributed by atoms with Gasteiger partial charge >= 0.3 is 0 Å². The van der Waals surface area contributed by atoms with Gasteiger partial charge in [0.25, 0.3) is 0 Å². The molecule has 5 heteroatoms. The van der Waals surface area contributed by atoms with E-state index in [1.807, 2.05) is 43.5 Å². The molecule has 1 amide bonds. The van der Waals surface area contributed by atoms with Crippen molar-refractivity contribution < 1.29 is 4.79 Å². The normalized spacial score (nSPS) is 10.9. The Morgan fingerprint density at radius 1 is 1.04 bits per heavy atom. The second-order valence-electron chi connectivity index (χ2n) is 7.19. The first-order valence-electron chi connectivity index (χ1n) is 9.11. The maximum Gasteiger partial charge on any atom is 0.224 e. The molecule has 1 aromatic heterocycles. The van der Waals surface area contributed by atoms with Crippen molar-refractivity contribution in [2.75, 3.05) is 10.6 Å². The number of amides is 1. The molecule has 3 rings (SSSR count). The van der Waals surface area contributed by atoms with Crippen LogP contribution in [-0.4, -0.2) is 10.9 Å². The fraction of sp³-hybridized carbons (Fsp3) is 0.273. The lowest BCUT2D eigenvalue weighted by molar-refractivity contribution is -0.116. The molecule has 0 fully saturated rings. The Balaban J connectivity index is 1.67. The van der Waals surface area contributed by atoms with Crippen LogP contribution in [0.25, 0.3) is 11.3 Å². The van der Waals surface area contributed by atoms with Crippen LogP contribution in [0.4, 0.5) is 16.5 Å². The van der Waals surface area contributed by atoms with Crippen molar-refractivity contribution in [3.05, 3.63) is 59.0 Å². The van der Waals surface area contributed by atoms with E-state index in [1.165, 1.54) is 11.1 Å². The highest BCUT2D eigenvalue weighted by molar-refractivity contribution is 7.14. The number of benzene rings is 2. The summed E-state index contributed by atoms with van der Waals surface area (Å²) in [6, 6.07) is 14.1. The Hall–Kier alpha value is -2.66. The predicted octanol–water partition coefficient (Wildman–Crippen LogP) is 6.16. The molecule has 1 heterocycles. The number of hydrogen-bond donors (Lipinski definition) is 2. The smallest absolute Gasteiger partial charge is 0.224 e. The zero-order chi connectivity index (χ0) is 19.4. The van der Waals surface area contributed by atoms with Gasteiger partial charge in [-0.3, -0.25) is 4.79 Å². The molecule has 0 aliphatic carbocycles. The Labute approximate surface area is 164 Å². The molecule has 2 N–H and O–H groups in total. The summed E-state index contributed by atoms with van der Waals surface area (Å²) in [6.45, 7) is 8.29. The van der Waals surface area contributed by atoms with Crippen molar-refractivity contribution in [2.45, 2.75) is 34.1 Å². The van der Waals surface area contributed by atoms with E-state index < -0.39 is 0 Å². The number of nitrogens with zero attached hydrogens (tertiary/aromatic N) is 1. The van der Waals surface area contributed by atoms with Crippen LogP contribution < -0.4 is 10.6 Å². The summed E-state index contributed by atoms with van der Waals surface area (Å²) in [5.74, 6) is 0.397. The minimum absolute atomic E-state index is 0.0475. The molecule has 0 spiro atoms. The van der Waals surface area contributed by atoms with Gasteiger partial charge in [0.2, 0.25) is 5.91 Å². The van der Waals surface area contributed by atoms with Crippen molar-refractivity contribution in [1.29, 1.82) is 0 Å². The van der Waals surface area contributed by atoms with Crippen LogP contribution in [0.2, 0.25) is 0 Å². The summed E-state index contributed by atoms with van der Waals surface area (Å²) < 4.78 is 0. The summed E-state index contributed by atoms with van der Waals surface area (Å²) in [6.07, 6.45) is 0.529. The minimum Gasteiger partial charge on any atom is -0.332 e. The topological polar surface area (TPSA) is 54.0 Å². The quantitative estimate of drug-likeness (QED) is 0.539. The molecule has 0 radical (unpaired) electrons. The first kappa shape index (κ1) is 19.1. The molecular weight excluding hydrogens is 354 g/mol. The van der Waals surface area contributed by atoms with Gasteiger partial charge < -0.3 is 10.6 Å². The number of rotatable bonds is 6. The maximum absolute atomic E-state index is 11.9. The number of thiazole rings is 1. The van der Waals surface area contributed by atoms with E-state index in [9.17, 15) is 4.79 Å². The van der Waals surface area contributed by atoms with E-state index in [2.05, 4.69) is 47.7 Å². The molecule has 0 unspecified atom stereocenters. The number of aromatic nitrogens is 1. The van der Waals surface area contributed by atoms with Gasteiger partial charge in [-0.05, 0) is 55.2 Å². The summed E-state index contributed by atoms with van der Waals surface area (Å²) in [4.78, 5) is 16.5. The van der Waals surface area contributed by atoms with Crippen molar-refractivity contribution in [1.82, 2.24) is 4.98 Å². The Morgan fingerprint density at radius 3 is 2.41 bits per heavy atom. The monoisotopic (exact) mass is 379 g/mol. The van der Waals surface area contributed by atoms with Gasteiger partial charge in [-0.1, -0.05) is 32.0 Å². The fourth-order valence-electron chi connectivity index (χ4n) is 2.71. The first-order chi connectivity index (χ1) is 12.9. The molecule has 3 aromatic rings. The lowest BCUT2D eigenvalue weighted by atomic mass is 10.1. The predicted molar refractivity (Wildman–Crippen MR) is 115 cm³/mol. The molecule has 4 nitrogen and oxygen atoms in total. The molecule has 0 aliphatic rings. The average molecular weight is 380 g/mol. The van der Waals surface area contributed by atoms with E-state index in [-0.39, 0.29) is 5.91 Å². The highest BCUT2D eigenvalue weighted by Crippen LogP contribution is 2.28. The van der Waals surface area contributed by atoms with E-state index >= 15 is 0 Å². The first-order valence-corrected chi connectivity index (χ1v) is 9.99. The standard InChI is InChI=1S/C22H25N3OS/c1-14(2)11-21(26)23-18-9-6-17(7-10-18)20-13-27-22(25-20)24-19-8-5-15(3)16(4)12-19/h5-10,12-14H,11H2,1-4H3,(H,23,26)(H,24,25). The van der Waals surface area contributed by atoms with E-state index in [0.29, 0.717) is 12.3 Å². The Kier molecular flexibility index (Phi) is 5.91. The highest BCUT2D eigenvalue weighted by atomic mass is 32.1. The molecule has 2 aromatic carbocycles. The minimum atomic E-state index is 0.0475. The van der Waals surface area contributed by atoms with Crippen molar-refractivity contribution in [2.24, 2.45) is 5.92 Å². The van der Waals surface area contributed by atoms with Gasteiger partial charge in [0.05, 0.1) is 5.69 Å². The molecule has 140 valence electrons. The van der Waals surface area contributed by atoms with Crippen LogP contribution in [0.1, 0.15) is 31.4 Å². The summed E-state index contributed by atoms with van der Waals surface area (Å²) in [5.41, 5.74) is 6.34. The largest absolute Gasteiger partial charge is 0.332 e. The van der Waals surface area contributed by atoms with Gasteiger partial charge in [-0.2, -0.15) is 0 Å². The van der Waals surface area contributed by atoms with Gasteiger partial charge in [0.15, 0.2) is 5.13 Å². The Morgan fingerprint density at radius 2 is 1.74 bits per heavy atom. The van der Waals surface area contributed by atoms with Crippen LogP contribution in [0, 0.1) is 19.8 Å². The SMILES string of the molecule is Cc1ccc(Nc2nc(-c3ccc(NC(=O)CC(C)C)cc3)cs2)cc1C. The van der Waals surface area contributed by atoms with Crippen LogP contribution in [0.15, 0.2) is 47.8 Å². The molecule has 0 bridgehead atoms. The molecule has 0 aliphatic heterocycles. The number of carbonyl (C=O) groups is 1. The summed E-state index contributed by atoms with van der Waals surface area (Å²) in [5, 5.41) is 9.20. The average Bonchev–Trinajstić information content (AvgIpc) is 3.06. The molecule has 0 saturated carbocycles. The van der Waals surface area contributed by atoms with Gasteiger partial charge in [0, 0.05) is 28.7 Å². The van der Waals surface area contributed by atoms with E-state index in [4.69, 9.17) is 0 Å². The van der Waals surface area contributed by atoms with Crippen LogP contribution in [0.3, 0.4) is 0 Å². The number of carbonyl (C=O) groups excluding carboxylic acids is 1. The number of hydrogen-bond acceptors (Lipinski definition) is 4. The van der Waals surface area contributed by atoms with Crippen molar-refractivity contribution in [3.63, 3.8) is 0 Å². The van der Waals surface area contributed by atoms with Crippen molar-refractivity contribution in [3.8, 4) is 11.3 Å². The van der Waals surface area contributed by atoms with E-state index in [1.54, 1.807) is 11.3 Å². The van der Waals surface area contributed by atoms with Crippen LogP contribution in [-0.2, 0) is 4.79 Å². The number of anilines is 3. The molecule has 27 heavy (non-hydrogen) atoms. The number of nitrogens with one attached hydrogen (secondary N) is 2. The highest BCUT2D eigenvalue weighted by Gasteiger charge is 2.08. The van der Waals surface area contributed by atoms with Gasteiger partial charge in [0.1, 0.15) is 0 Å². The van der Waals surface area contributed by atoms with Crippen LogP contribution in [0.5, 0.6) is 0 Å². The molecule has 0 saturated heterocycles. The summed E-state index contributed by atoms with van der Waals surface area (Å²) in [7, 11) is 0. The number of aryl methyl sites for hydroxylation is 2. The third kappa shape index (κ3) is 5.17. The molecular formula is C22H25N3OS. The van der Waals surface area contributed by atoms with Gasteiger partial charge in [-0.25, -0.2) is 4.98 Å². The lowest BCUT2D eigenvalue weighted by Gasteiger charge is -2.07. The van der Waals surface area contributed by atoms with Gasteiger partial charge in [-0.15, -0.1) is 11.3 Å². The summed E-state index contributed by atoms with van der Waals surface area (Å²) >= 11 is 1.58. The maximum atomic E-state index is 11.9. The second kappa shape index (κ2) is 8.35.